The molecule has 0 aliphatic heterocycles. The Bertz CT molecular complexity index is 642. The molecule has 2 unspecified atom stereocenters. The van der Waals surface area contributed by atoms with Gasteiger partial charge in [-0.1, -0.05) is 18.2 Å². The molecule has 132 valence electrons. The van der Waals surface area contributed by atoms with Crippen LogP contribution in [0.25, 0.3) is 0 Å². The van der Waals surface area contributed by atoms with Gasteiger partial charge in [0, 0.05) is 12.5 Å². The number of carbonyl (C=O) groups excluding carboxylic acids is 1. The molecule has 5 nitrogen and oxygen atoms in total. The predicted octanol–water partition coefficient (Wildman–Crippen LogP) is 2.92. The van der Waals surface area contributed by atoms with Gasteiger partial charge in [-0.15, -0.1) is 13.2 Å². The Balaban J connectivity index is 2.00. The van der Waals surface area contributed by atoms with Crippen LogP contribution < -0.4 is 10.1 Å². The first-order chi connectivity index (χ1) is 11.0. The van der Waals surface area contributed by atoms with Crippen LogP contribution in [0, 0.1) is 11.3 Å². The van der Waals surface area contributed by atoms with E-state index in [0.717, 1.165) is 0 Å². The molecule has 1 aromatic rings. The average Bonchev–Trinajstić information content (AvgIpc) is 3.24. The van der Waals surface area contributed by atoms with Crippen LogP contribution >= 0.6 is 0 Å². The van der Waals surface area contributed by atoms with Gasteiger partial charge in [-0.2, -0.15) is 0 Å². The fourth-order valence-corrected chi connectivity index (χ4v) is 2.35. The van der Waals surface area contributed by atoms with E-state index in [4.69, 9.17) is 5.11 Å². The van der Waals surface area contributed by atoms with Crippen molar-refractivity contribution in [1.82, 2.24) is 5.32 Å². The number of alkyl halides is 3. The lowest BCUT2D eigenvalue weighted by atomic mass is 9.94. The predicted molar refractivity (Wildman–Crippen MR) is 78.4 cm³/mol. The van der Waals surface area contributed by atoms with Gasteiger partial charge in [-0.25, -0.2) is 0 Å². The zero-order valence-corrected chi connectivity index (χ0v) is 13.2. The highest BCUT2D eigenvalue weighted by atomic mass is 19.4. The van der Waals surface area contributed by atoms with Crippen molar-refractivity contribution < 1.29 is 32.6 Å². The monoisotopic (exact) mass is 345 g/mol. The largest absolute Gasteiger partial charge is 0.573 e. The number of benzene rings is 1. The molecule has 1 fully saturated rings. The first-order valence-electron chi connectivity index (χ1n) is 7.37. The molecule has 1 aliphatic carbocycles. The minimum absolute atomic E-state index is 0.0505. The van der Waals surface area contributed by atoms with E-state index in [0.29, 0.717) is 12.0 Å². The molecule has 0 saturated heterocycles. The van der Waals surface area contributed by atoms with E-state index < -0.39 is 23.7 Å². The summed E-state index contributed by atoms with van der Waals surface area (Å²) in [6.07, 6.45) is -4.40. The summed E-state index contributed by atoms with van der Waals surface area (Å²) in [5.41, 5.74) is -0.787. The number of hydrogen-bond donors (Lipinski definition) is 2. The number of carboxylic acid groups (broad SMARTS) is 1. The lowest BCUT2D eigenvalue weighted by Gasteiger charge is -2.19. The van der Waals surface area contributed by atoms with Crippen LogP contribution in [0.2, 0.25) is 0 Å². The molecular formula is C16H18F3NO4. The normalized spacial score (nSPS) is 20.4. The van der Waals surface area contributed by atoms with E-state index >= 15 is 0 Å². The van der Waals surface area contributed by atoms with Gasteiger partial charge in [0.2, 0.25) is 5.91 Å². The van der Waals surface area contributed by atoms with Gasteiger partial charge in [0.25, 0.3) is 0 Å². The van der Waals surface area contributed by atoms with Gasteiger partial charge in [-0.3, -0.25) is 9.59 Å². The quantitative estimate of drug-likeness (QED) is 0.831. The molecule has 2 N–H and O–H groups in total. The molecule has 0 radical (unpaired) electrons. The zero-order chi connectivity index (χ0) is 18.1. The number of ether oxygens (including phenoxy) is 1. The summed E-state index contributed by atoms with van der Waals surface area (Å²) in [6.45, 7) is 2.91. The van der Waals surface area contributed by atoms with Crippen LogP contribution in [0.4, 0.5) is 13.2 Å². The third-order valence-electron chi connectivity index (χ3n) is 3.95. The maximum absolute atomic E-state index is 12.4. The number of halogens is 3. The lowest BCUT2D eigenvalue weighted by molar-refractivity contribution is -0.274. The summed E-state index contributed by atoms with van der Waals surface area (Å²) in [7, 11) is 0. The molecule has 1 saturated carbocycles. The summed E-state index contributed by atoms with van der Waals surface area (Å²) in [4.78, 5) is 23.1. The standard InChI is InChI=1S/C16H18F3NO4/c1-15(2,14(22)23)8-20-13(21)11-7-10(11)9-5-3-4-6-12(9)24-16(17,18)19/h3-6,10-11H,7-8H2,1-2H3,(H,20,21)(H,22,23). The van der Waals surface area contributed by atoms with Crippen LogP contribution in [0.3, 0.4) is 0 Å². The van der Waals surface area contributed by atoms with Crippen LogP contribution in [0.5, 0.6) is 5.75 Å². The van der Waals surface area contributed by atoms with Crippen LogP contribution in [0.15, 0.2) is 24.3 Å². The molecule has 2 atom stereocenters. The first kappa shape index (κ1) is 18.1. The molecule has 0 spiro atoms. The Hall–Kier alpha value is -2.25. The van der Waals surface area contributed by atoms with Crippen molar-refractivity contribution in [2.45, 2.75) is 32.5 Å². The summed E-state index contributed by atoms with van der Waals surface area (Å²) in [5, 5.41) is 11.6. The second kappa shape index (κ2) is 6.33. The number of para-hydroxylation sites is 1. The summed E-state index contributed by atoms with van der Waals surface area (Å²) < 4.78 is 41.3. The van der Waals surface area contributed by atoms with Gasteiger partial charge < -0.3 is 15.2 Å². The molecule has 8 heteroatoms. The van der Waals surface area contributed by atoms with Crippen molar-refractivity contribution in [3.8, 4) is 5.75 Å². The van der Waals surface area contributed by atoms with E-state index in [9.17, 15) is 22.8 Å². The van der Waals surface area contributed by atoms with E-state index in [1.165, 1.54) is 32.0 Å². The van der Waals surface area contributed by atoms with Crippen molar-refractivity contribution in [1.29, 1.82) is 0 Å². The number of hydrogen-bond acceptors (Lipinski definition) is 3. The second-order valence-electron chi connectivity index (χ2n) is 6.44. The van der Waals surface area contributed by atoms with Crippen molar-refractivity contribution >= 4 is 11.9 Å². The second-order valence-corrected chi connectivity index (χ2v) is 6.44. The molecule has 24 heavy (non-hydrogen) atoms. The minimum atomic E-state index is -4.80. The highest BCUT2D eigenvalue weighted by Gasteiger charge is 2.46. The highest BCUT2D eigenvalue weighted by Crippen LogP contribution is 2.51. The van der Waals surface area contributed by atoms with E-state index in [1.54, 1.807) is 6.07 Å². The van der Waals surface area contributed by atoms with Gasteiger partial charge in [0.05, 0.1) is 5.41 Å². The number of aliphatic carboxylic acids is 1. The highest BCUT2D eigenvalue weighted by molar-refractivity contribution is 5.84. The number of rotatable bonds is 6. The molecule has 1 amide bonds. The van der Waals surface area contributed by atoms with Gasteiger partial charge in [-0.05, 0) is 37.8 Å². The van der Waals surface area contributed by atoms with Gasteiger partial charge in [0.1, 0.15) is 5.75 Å². The maximum atomic E-state index is 12.4. The zero-order valence-electron chi connectivity index (χ0n) is 13.2. The van der Waals surface area contributed by atoms with Crippen molar-refractivity contribution in [3.05, 3.63) is 29.8 Å². The molecular weight excluding hydrogens is 327 g/mol. The van der Waals surface area contributed by atoms with E-state index in [1.807, 2.05) is 0 Å². The van der Waals surface area contributed by atoms with Crippen LogP contribution in [-0.2, 0) is 9.59 Å². The summed E-state index contributed by atoms with van der Waals surface area (Å²) >= 11 is 0. The fourth-order valence-electron chi connectivity index (χ4n) is 2.35. The number of carboxylic acids is 1. The molecule has 2 rings (SSSR count). The van der Waals surface area contributed by atoms with Crippen molar-refractivity contribution in [3.63, 3.8) is 0 Å². The lowest BCUT2D eigenvalue weighted by Crippen LogP contribution is -2.39. The van der Waals surface area contributed by atoms with Gasteiger partial charge >= 0.3 is 12.3 Å². The molecule has 0 aromatic heterocycles. The Morgan fingerprint density at radius 2 is 1.92 bits per heavy atom. The molecule has 1 aliphatic rings. The number of amides is 1. The Morgan fingerprint density at radius 3 is 2.50 bits per heavy atom. The SMILES string of the molecule is CC(C)(CNC(=O)C1CC1c1ccccc1OC(F)(F)F)C(=O)O. The van der Waals surface area contributed by atoms with Crippen LogP contribution in [0.1, 0.15) is 31.7 Å². The molecule has 1 aromatic carbocycles. The minimum Gasteiger partial charge on any atom is -0.481 e. The third-order valence-corrected chi connectivity index (χ3v) is 3.95. The first-order valence-corrected chi connectivity index (χ1v) is 7.37. The molecule has 0 bridgehead atoms. The summed E-state index contributed by atoms with van der Waals surface area (Å²) in [5.74, 6) is -2.56. The Morgan fingerprint density at radius 1 is 1.29 bits per heavy atom. The molecule has 0 heterocycles. The fraction of sp³-hybridized carbons (Fsp3) is 0.500. The Labute approximate surface area is 136 Å². The third kappa shape index (κ3) is 4.39. The van der Waals surface area contributed by atoms with E-state index in [2.05, 4.69) is 10.1 Å². The smallest absolute Gasteiger partial charge is 0.481 e. The van der Waals surface area contributed by atoms with Gasteiger partial charge in [0.15, 0.2) is 0 Å². The maximum Gasteiger partial charge on any atom is 0.573 e. The number of carbonyl (C=O) groups is 2. The van der Waals surface area contributed by atoms with E-state index in [-0.39, 0.29) is 24.1 Å². The summed E-state index contributed by atoms with van der Waals surface area (Å²) in [6, 6.07) is 5.72. The Kier molecular flexibility index (Phi) is 4.77. The average molecular weight is 345 g/mol. The van der Waals surface area contributed by atoms with Crippen molar-refractivity contribution in [2.24, 2.45) is 11.3 Å². The number of nitrogens with one attached hydrogen (secondary N) is 1. The van der Waals surface area contributed by atoms with Crippen LogP contribution in [-0.4, -0.2) is 29.9 Å². The topological polar surface area (TPSA) is 75.6 Å². The van der Waals surface area contributed by atoms with Crippen molar-refractivity contribution in [2.75, 3.05) is 6.54 Å².